The van der Waals surface area contributed by atoms with Crippen LogP contribution in [0, 0.1) is 5.41 Å². The van der Waals surface area contributed by atoms with Crippen LogP contribution in [-0.2, 0) is 16.0 Å². The lowest BCUT2D eigenvalue weighted by atomic mass is 9.78. The number of hydrogen-bond acceptors (Lipinski definition) is 7. The average molecular weight is 588 g/mol. The number of nitrogens with zero attached hydrogens (tertiary/aromatic N) is 2. The van der Waals surface area contributed by atoms with Crippen LogP contribution in [0.5, 0.6) is 11.5 Å². The van der Waals surface area contributed by atoms with Crippen molar-refractivity contribution in [3.63, 3.8) is 0 Å². The molecule has 2 aromatic carbocycles. The number of carbonyl (C=O) groups is 2. The number of pyridine rings is 1. The Hall–Kier alpha value is -4.41. The van der Waals surface area contributed by atoms with Gasteiger partial charge in [0.2, 0.25) is 0 Å². The first kappa shape index (κ1) is 31.5. The number of methoxy groups -OCH3 is 2. The summed E-state index contributed by atoms with van der Waals surface area (Å²) >= 11 is 0. The molecule has 0 saturated heterocycles. The van der Waals surface area contributed by atoms with Gasteiger partial charge in [-0.25, -0.2) is 9.59 Å². The summed E-state index contributed by atoms with van der Waals surface area (Å²) in [5.41, 5.74) is 3.73. The van der Waals surface area contributed by atoms with E-state index in [1.807, 2.05) is 73.6 Å². The molecule has 3 amide bonds. The van der Waals surface area contributed by atoms with Gasteiger partial charge in [-0.3, -0.25) is 4.98 Å². The summed E-state index contributed by atoms with van der Waals surface area (Å²) in [6, 6.07) is 14.3. The van der Waals surface area contributed by atoms with Crippen LogP contribution in [-0.4, -0.2) is 63.0 Å². The van der Waals surface area contributed by atoms with Gasteiger partial charge < -0.3 is 35.1 Å². The number of amides is 3. The topological polar surface area (TPSA) is 114 Å². The number of fused-ring (bicyclic) bond motifs is 1. The Bertz CT molecular complexity index is 1540. The highest BCUT2D eigenvalue weighted by atomic mass is 16.5. The molecule has 0 bridgehead atoms. The Morgan fingerprint density at radius 3 is 2.44 bits per heavy atom. The highest BCUT2D eigenvalue weighted by Gasteiger charge is 2.31. The number of urea groups is 1. The second kappa shape index (κ2) is 13.7. The van der Waals surface area contributed by atoms with Gasteiger partial charge in [-0.2, -0.15) is 0 Å². The fourth-order valence-electron chi connectivity index (χ4n) is 4.97. The van der Waals surface area contributed by atoms with Crippen LogP contribution in [0.4, 0.5) is 15.3 Å². The summed E-state index contributed by atoms with van der Waals surface area (Å²) in [5, 5.41) is 10.6. The van der Waals surface area contributed by atoms with Gasteiger partial charge in [0, 0.05) is 48.0 Å². The van der Waals surface area contributed by atoms with Crippen molar-refractivity contribution in [2.75, 3.05) is 40.2 Å². The van der Waals surface area contributed by atoms with E-state index in [4.69, 9.17) is 14.2 Å². The molecule has 228 valence electrons. The molecule has 1 heterocycles. The zero-order valence-electron chi connectivity index (χ0n) is 25.9. The molecular weight excluding hydrogens is 546 g/mol. The van der Waals surface area contributed by atoms with E-state index in [0.29, 0.717) is 35.8 Å². The molecule has 1 aromatic heterocycles. The summed E-state index contributed by atoms with van der Waals surface area (Å²) in [7, 11) is 6.88. The number of benzene rings is 2. The number of rotatable bonds is 9. The van der Waals surface area contributed by atoms with Gasteiger partial charge in [-0.1, -0.05) is 50.6 Å². The minimum absolute atomic E-state index is 0.188. The molecule has 0 fully saturated rings. The second-order valence-electron chi connectivity index (χ2n) is 11.7. The Morgan fingerprint density at radius 2 is 1.77 bits per heavy atom. The molecule has 0 spiro atoms. The van der Waals surface area contributed by atoms with Crippen LogP contribution in [0.3, 0.4) is 0 Å². The predicted molar refractivity (Wildman–Crippen MR) is 168 cm³/mol. The van der Waals surface area contributed by atoms with Gasteiger partial charge in [0.25, 0.3) is 0 Å². The quantitative estimate of drug-likeness (QED) is 0.273. The van der Waals surface area contributed by atoms with E-state index in [-0.39, 0.29) is 12.0 Å². The molecule has 0 aliphatic heterocycles. The first-order valence-corrected chi connectivity index (χ1v) is 14.1. The highest BCUT2D eigenvalue weighted by Crippen LogP contribution is 2.36. The van der Waals surface area contributed by atoms with Crippen molar-refractivity contribution in [1.82, 2.24) is 20.5 Å². The maximum atomic E-state index is 13.4. The van der Waals surface area contributed by atoms with Crippen LogP contribution < -0.4 is 20.7 Å². The molecule has 10 heteroatoms. The molecule has 43 heavy (non-hydrogen) atoms. The van der Waals surface area contributed by atoms with E-state index in [1.54, 1.807) is 13.3 Å². The molecule has 1 aliphatic rings. The molecule has 1 unspecified atom stereocenters. The molecule has 0 saturated carbocycles. The molecule has 0 radical (unpaired) electrons. The van der Waals surface area contributed by atoms with E-state index in [0.717, 1.165) is 27.6 Å². The molecule has 1 atom stereocenters. The van der Waals surface area contributed by atoms with Gasteiger partial charge in [-0.05, 0) is 50.2 Å². The van der Waals surface area contributed by atoms with Crippen molar-refractivity contribution in [3.05, 3.63) is 83.3 Å². The minimum atomic E-state index is -0.549. The smallest absolute Gasteiger partial charge is 0.407 e. The normalized spacial score (nSPS) is 15.3. The van der Waals surface area contributed by atoms with Crippen molar-refractivity contribution in [1.29, 1.82) is 0 Å². The molecule has 3 N–H and O–H groups in total. The number of nitrogens with one attached hydrogen (secondary N) is 3. The second-order valence-corrected chi connectivity index (χ2v) is 11.7. The lowest BCUT2D eigenvalue weighted by Gasteiger charge is -2.34. The van der Waals surface area contributed by atoms with Crippen molar-refractivity contribution >= 4 is 28.6 Å². The first-order valence-electron chi connectivity index (χ1n) is 14.1. The van der Waals surface area contributed by atoms with Gasteiger partial charge in [0.15, 0.2) is 0 Å². The maximum Gasteiger partial charge on any atom is 0.407 e. The maximum absolute atomic E-state index is 13.4. The largest absolute Gasteiger partial charge is 0.457 e. The van der Waals surface area contributed by atoms with Crippen LogP contribution in [0.2, 0.25) is 0 Å². The first-order chi connectivity index (χ1) is 20.5. The van der Waals surface area contributed by atoms with E-state index in [9.17, 15) is 9.59 Å². The summed E-state index contributed by atoms with van der Waals surface area (Å²) < 4.78 is 16.6. The lowest BCUT2D eigenvalue weighted by molar-refractivity contribution is 0.164. The summed E-state index contributed by atoms with van der Waals surface area (Å²) in [5.74, 6) is 1.34. The van der Waals surface area contributed by atoms with Crippen molar-refractivity contribution in [2.24, 2.45) is 5.41 Å². The zero-order chi connectivity index (χ0) is 31.1. The molecule has 10 nitrogen and oxygen atoms in total. The van der Waals surface area contributed by atoms with Crippen molar-refractivity contribution < 1.29 is 23.8 Å². The highest BCUT2D eigenvalue weighted by molar-refractivity contribution is 6.04. The van der Waals surface area contributed by atoms with Gasteiger partial charge >= 0.3 is 12.1 Å². The third-order valence-electron chi connectivity index (χ3n) is 7.12. The fourth-order valence-corrected chi connectivity index (χ4v) is 4.97. The Labute approximate surface area is 253 Å². The van der Waals surface area contributed by atoms with Gasteiger partial charge in [0.1, 0.15) is 11.5 Å². The van der Waals surface area contributed by atoms with E-state index >= 15 is 0 Å². The standard InChI is InChI=1S/C33H41N5O5/c1-33(2,3)21-16-28(26(20-41-6)29(17-21)37-32(40)42-7)36-31(39)35-27-12-13-30(25-11-9-8-10-24(25)27)43-23-14-15-34-22(18-23)19-38(4)5/h8-16,18,29H,17,19-20H2,1-7H3,(H,37,40)(H2,35,36,39). The Kier molecular flexibility index (Phi) is 10.1. The summed E-state index contributed by atoms with van der Waals surface area (Å²) in [6.45, 7) is 7.20. The van der Waals surface area contributed by atoms with Crippen LogP contribution in [0.1, 0.15) is 32.9 Å². The number of anilines is 1. The predicted octanol–water partition coefficient (Wildman–Crippen LogP) is 6.21. The Balaban J connectivity index is 1.61. The number of carbonyl (C=O) groups excluding carboxylic acids is 2. The lowest BCUT2D eigenvalue weighted by Crippen LogP contribution is -2.43. The number of aromatic nitrogens is 1. The van der Waals surface area contributed by atoms with E-state index in [1.165, 1.54) is 7.11 Å². The van der Waals surface area contributed by atoms with Gasteiger partial charge in [0.05, 0.1) is 31.1 Å². The van der Waals surface area contributed by atoms with Crippen LogP contribution in [0.15, 0.2) is 77.6 Å². The third kappa shape index (κ3) is 8.12. The average Bonchev–Trinajstić information content (AvgIpc) is 2.95. The Morgan fingerprint density at radius 1 is 1.02 bits per heavy atom. The van der Waals surface area contributed by atoms with Gasteiger partial charge in [-0.15, -0.1) is 0 Å². The monoisotopic (exact) mass is 587 g/mol. The van der Waals surface area contributed by atoms with Crippen molar-refractivity contribution in [2.45, 2.75) is 39.8 Å². The SMILES string of the molecule is COCC1=C(NC(=O)Nc2ccc(Oc3ccnc(CN(C)C)c3)c3ccccc23)C=C(C(C)(C)C)CC1NC(=O)OC. The third-order valence-corrected chi connectivity index (χ3v) is 7.12. The summed E-state index contributed by atoms with van der Waals surface area (Å²) in [4.78, 5) is 32.1. The van der Waals surface area contributed by atoms with Crippen LogP contribution in [0.25, 0.3) is 10.8 Å². The number of alkyl carbamates (subject to hydrolysis) is 1. The number of hydrogen-bond donors (Lipinski definition) is 3. The molecule has 4 rings (SSSR count). The summed E-state index contributed by atoms with van der Waals surface area (Å²) in [6.07, 6.45) is 3.73. The molecule has 1 aliphatic carbocycles. The number of allylic oxidation sites excluding steroid dienone is 1. The minimum Gasteiger partial charge on any atom is -0.457 e. The van der Waals surface area contributed by atoms with E-state index in [2.05, 4.69) is 41.7 Å². The van der Waals surface area contributed by atoms with Crippen LogP contribution >= 0.6 is 0 Å². The fraction of sp³-hybridized carbons (Fsp3) is 0.364. The van der Waals surface area contributed by atoms with E-state index < -0.39 is 18.2 Å². The molecular formula is C33H41N5O5. The van der Waals surface area contributed by atoms with Crippen molar-refractivity contribution in [3.8, 4) is 11.5 Å². The number of ether oxygens (including phenoxy) is 3. The zero-order valence-corrected chi connectivity index (χ0v) is 25.9. The molecule has 3 aromatic rings.